The summed E-state index contributed by atoms with van der Waals surface area (Å²) in [5.41, 5.74) is 0.911. The number of ether oxygens (including phenoxy) is 2. The second-order valence-corrected chi connectivity index (χ2v) is 18.1. The van der Waals surface area contributed by atoms with Gasteiger partial charge in [-0.3, -0.25) is 0 Å². The number of phenolic OH excluding ortho intramolecular Hbond substituents is 1. The van der Waals surface area contributed by atoms with Crippen LogP contribution in [0, 0.1) is 50.2 Å². The minimum atomic E-state index is -0.418. The number of carbonyl (C=O) groups excluding carboxylic acids is 1. The number of aromatic hydroxyl groups is 1. The fraction of sp³-hybridized carbons (Fsp3) is 0.725. The normalized spacial score (nSPS) is 44.5. The van der Waals surface area contributed by atoms with Gasteiger partial charge in [-0.2, -0.15) is 0 Å². The number of esters is 1. The lowest BCUT2D eigenvalue weighted by Crippen LogP contribution is -2.69. The molecular formula is C40H58O6. The Morgan fingerprint density at radius 1 is 0.870 bits per heavy atom. The van der Waals surface area contributed by atoms with E-state index >= 15 is 0 Å². The molecule has 0 spiro atoms. The van der Waals surface area contributed by atoms with Gasteiger partial charge in [0.05, 0.1) is 6.10 Å². The zero-order chi connectivity index (χ0) is 33.7. The lowest BCUT2D eigenvalue weighted by atomic mass is 9.32. The number of hydrogen-bond donors (Lipinski definition) is 3. The number of fused-ring (bicyclic) bond motifs is 7. The van der Waals surface area contributed by atoms with Crippen molar-refractivity contribution in [2.75, 3.05) is 7.11 Å². The van der Waals surface area contributed by atoms with Gasteiger partial charge < -0.3 is 24.8 Å². The van der Waals surface area contributed by atoms with Crippen molar-refractivity contribution in [3.8, 4) is 5.75 Å². The Labute approximate surface area is 276 Å². The summed E-state index contributed by atoms with van der Waals surface area (Å²) < 4.78 is 12.6. The molecule has 6 heteroatoms. The highest BCUT2D eigenvalue weighted by molar-refractivity contribution is 5.87. The molecule has 0 heterocycles. The smallest absolute Gasteiger partial charge is 0.331 e. The summed E-state index contributed by atoms with van der Waals surface area (Å²) in [5, 5.41) is 34.0. The Morgan fingerprint density at radius 2 is 1.54 bits per heavy atom. The first-order chi connectivity index (χ1) is 21.3. The summed E-state index contributed by atoms with van der Waals surface area (Å²) >= 11 is 0. The molecule has 6 nitrogen and oxygen atoms in total. The molecule has 0 aromatic heterocycles. The van der Waals surface area contributed by atoms with Crippen molar-refractivity contribution in [1.29, 1.82) is 0 Å². The summed E-state index contributed by atoms with van der Waals surface area (Å²) in [6, 6.07) is 6.73. The van der Waals surface area contributed by atoms with Crippen LogP contribution in [0.25, 0.3) is 6.08 Å². The SMILES string of the molecule is CO[C@@H]1C(O)=C2[C@@H]3CC(C)(C)CC[C@]3(C)[C@@H](O)C[C@@]2(C)[C@]2(C)CC[C@H]3C(C)(C)[C@@H](OC(=O)/C=C/c4ccc(O)cc4)CC[C@]3(C)[C@@H]12. The lowest BCUT2D eigenvalue weighted by Gasteiger charge is -2.72. The molecule has 4 fully saturated rings. The number of methoxy groups -OCH3 is 1. The molecule has 46 heavy (non-hydrogen) atoms. The van der Waals surface area contributed by atoms with Crippen molar-refractivity contribution in [3.05, 3.63) is 47.2 Å². The van der Waals surface area contributed by atoms with Crippen LogP contribution < -0.4 is 0 Å². The van der Waals surface area contributed by atoms with Crippen molar-refractivity contribution in [3.63, 3.8) is 0 Å². The van der Waals surface area contributed by atoms with Crippen LogP contribution in [0.2, 0.25) is 0 Å². The number of aliphatic hydroxyl groups excluding tert-OH is 2. The Balaban J connectivity index is 1.34. The molecule has 0 amide bonds. The summed E-state index contributed by atoms with van der Waals surface area (Å²) in [5.74, 6) is 0.696. The fourth-order valence-electron chi connectivity index (χ4n) is 12.1. The molecular weight excluding hydrogens is 576 g/mol. The number of carbonyl (C=O) groups is 1. The number of hydrogen-bond acceptors (Lipinski definition) is 6. The minimum absolute atomic E-state index is 0.0518. The molecule has 0 aliphatic heterocycles. The van der Waals surface area contributed by atoms with Gasteiger partial charge in [0.1, 0.15) is 23.7 Å². The Morgan fingerprint density at radius 3 is 2.20 bits per heavy atom. The number of rotatable bonds is 4. The van der Waals surface area contributed by atoms with Gasteiger partial charge in [0.2, 0.25) is 0 Å². The zero-order valence-electron chi connectivity index (χ0n) is 29.7. The van der Waals surface area contributed by atoms with Gasteiger partial charge in [-0.05, 0) is 109 Å². The summed E-state index contributed by atoms with van der Waals surface area (Å²) in [7, 11) is 1.76. The number of aliphatic hydroxyl groups is 2. The molecule has 254 valence electrons. The van der Waals surface area contributed by atoms with Gasteiger partial charge in [0, 0.05) is 35.3 Å². The third kappa shape index (κ3) is 4.74. The molecule has 6 rings (SSSR count). The maximum Gasteiger partial charge on any atom is 0.331 e. The molecule has 3 N–H and O–H groups in total. The van der Waals surface area contributed by atoms with E-state index in [1.165, 1.54) is 11.6 Å². The van der Waals surface area contributed by atoms with Gasteiger partial charge in [-0.25, -0.2) is 4.79 Å². The summed E-state index contributed by atoms with van der Waals surface area (Å²) in [6.45, 7) is 18.7. The van der Waals surface area contributed by atoms with Crippen molar-refractivity contribution >= 4 is 12.0 Å². The Hall–Kier alpha value is -2.31. The molecule has 5 aliphatic carbocycles. The van der Waals surface area contributed by atoms with Gasteiger partial charge in [-0.1, -0.05) is 67.5 Å². The average Bonchev–Trinajstić information content (AvgIpc) is 2.97. The second kappa shape index (κ2) is 10.9. The maximum absolute atomic E-state index is 13.1. The Bertz CT molecular complexity index is 1420. The van der Waals surface area contributed by atoms with E-state index in [1.807, 2.05) is 0 Å². The van der Waals surface area contributed by atoms with E-state index in [1.54, 1.807) is 37.5 Å². The highest BCUT2D eigenvalue weighted by Crippen LogP contribution is 2.76. The van der Waals surface area contributed by atoms with Gasteiger partial charge in [-0.15, -0.1) is 0 Å². The molecule has 0 radical (unpaired) electrons. The van der Waals surface area contributed by atoms with E-state index in [4.69, 9.17) is 9.47 Å². The first-order valence-corrected chi connectivity index (χ1v) is 17.7. The lowest BCUT2D eigenvalue weighted by molar-refractivity contribution is -0.246. The monoisotopic (exact) mass is 634 g/mol. The molecule has 0 saturated heterocycles. The highest BCUT2D eigenvalue weighted by Gasteiger charge is 2.73. The van der Waals surface area contributed by atoms with Crippen LogP contribution in [0.1, 0.15) is 112 Å². The van der Waals surface area contributed by atoms with Crippen LogP contribution in [-0.2, 0) is 14.3 Å². The molecule has 10 atom stereocenters. The summed E-state index contributed by atoms with van der Waals surface area (Å²) in [4.78, 5) is 13.1. The van der Waals surface area contributed by atoms with Crippen LogP contribution >= 0.6 is 0 Å². The predicted molar refractivity (Wildman–Crippen MR) is 181 cm³/mol. The topological polar surface area (TPSA) is 96.2 Å². The second-order valence-electron chi connectivity index (χ2n) is 18.1. The van der Waals surface area contributed by atoms with Crippen LogP contribution in [0.5, 0.6) is 5.75 Å². The van der Waals surface area contributed by atoms with Gasteiger partial charge in [0.25, 0.3) is 0 Å². The van der Waals surface area contributed by atoms with E-state index in [0.717, 1.165) is 50.5 Å². The van der Waals surface area contributed by atoms with Crippen molar-refractivity contribution in [2.45, 2.75) is 125 Å². The first kappa shape index (κ1) is 33.6. The number of phenols is 1. The minimum Gasteiger partial charge on any atom is -0.510 e. The first-order valence-electron chi connectivity index (χ1n) is 17.7. The third-order valence-corrected chi connectivity index (χ3v) is 14.9. The van der Waals surface area contributed by atoms with Crippen LogP contribution in [0.15, 0.2) is 41.7 Å². The third-order valence-electron chi connectivity index (χ3n) is 14.9. The van der Waals surface area contributed by atoms with Crippen molar-refractivity contribution in [2.24, 2.45) is 50.2 Å². The van der Waals surface area contributed by atoms with E-state index in [-0.39, 0.29) is 68.1 Å². The predicted octanol–water partition coefficient (Wildman–Crippen LogP) is 8.62. The zero-order valence-corrected chi connectivity index (χ0v) is 29.7. The standard InChI is InChI=1S/C40H58O6/c1-35(2)20-21-37(5)26(22-35)31-32(44)33(45-9)34-38(6)18-17-29(46-30(43)15-12-24-10-13-25(41)14-11-24)36(3,4)27(38)16-19-39(34,7)40(31,8)23-28(37)42/h10-15,26-29,33-34,41-42,44H,16-23H2,1-9H3/b15-12+/t26-,27-,28-,29-,33+,34+,37-,38-,39+,40+/m0/s1. The molecule has 0 unspecified atom stereocenters. The Kier molecular flexibility index (Phi) is 7.92. The average molecular weight is 635 g/mol. The van der Waals surface area contributed by atoms with E-state index in [9.17, 15) is 20.1 Å². The van der Waals surface area contributed by atoms with Crippen molar-refractivity contribution < 1.29 is 29.6 Å². The number of benzene rings is 1. The van der Waals surface area contributed by atoms with E-state index in [0.29, 0.717) is 12.2 Å². The quantitative estimate of drug-likeness (QED) is 0.227. The van der Waals surface area contributed by atoms with Gasteiger partial charge >= 0.3 is 5.97 Å². The maximum atomic E-state index is 13.1. The van der Waals surface area contributed by atoms with Crippen LogP contribution in [0.4, 0.5) is 0 Å². The molecule has 4 saturated carbocycles. The van der Waals surface area contributed by atoms with Crippen molar-refractivity contribution in [1.82, 2.24) is 0 Å². The largest absolute Gasteiger partial charge is 0.510 e. The molecule has 1 aromatic rings. The summed E-state index contributed by atoms with van der Waals surface area (Å²) in [6.07, 6.45) is 9.42. The highest BCUT2D eigenvalue weighted by atomic mass is 16.5. The van der Waals surface area contributed by atoms with Gasteiger partial charge in [0.15, 0.2) is 0 Å². The van der Waals surface area contributed by atoms with E-state index < -0.39 is 12.2 Å². The molecule has 1 aromatic carbocycles. The van der Waals surface area contributed by atoms with Crippen LogP contribution in [-0.4, -0.2) is 46.7 Å². The number of allylic oxidation sites excluding steroid dienone is 1. The van der Waals surface area contributed by atoms with Crippen LogP contribution in [0.3, 0.4) is 0 Å². The molecule has 5 aliphatic rings. The fourth-order valence-corrected chi connectivity index (χ4v) is 12.1. The van der Waals surface area contributed by atoms with E-state index in [2.05, 4.69) is 55.4 Å². The molecule has 0 bridgehead atoms.